The minimum Gasteiger partial charge on any atom is -0.271 e. The summed E-state index contributed by atoms with van der Waals surface area (Å²) >= 11 is 0. The highest BCUT2D eigenvalue weighted by molar-refractivity contribution is 5.87. The molecule has 3 aromatic heterocycles. The molecule has 0 saturated carbocycles. The van der Waals surface area contributed by atoms with Crippen molar-refractivity contribution in [3.05, 3.63) is 31.0 Å². The van der Waals surface area contributed by atoms with E-state index in [1.54, 1.807) is 23.3 Å². The fourth-order valence-electron chi connectivity index (χ4n) is 1.31. The zero-order valence-electron chi connectivity index (χ0n) is 6.62. The van der Waals surface area contributed by atoms with E-state index < -0.39 is 0 Å². The van der Waals surface area contributed by atoms with Gasteiger partial charge in [-0.1, -0.05) is 0 Å². The van der Waals surface area contributed by atoms with E-state index in [1.165, 1.54) is 0 Å². The molecule has 0 aliphatic carbocycles. The van der Waals surface area contributed by atoms with Gasteiger partial charge in [0.2, 0.25) is 0 Å². The first-order valence-electron chi connectivity index (χ1n) is 3.84. The fourth-order valence-corrected chi connectivity index (χ4v) is 1.31. The van der Waals surface area contributed by atoms with Crippen molar-refractivity contribution in [2.24, 2.45) is 0 Å². The van der Waals surface area contributed by atoms with E-state index in [0.717, 1.165) is 11.0 Å². The summed E-state index contributed by atoms with van der Waals surface area (Å²) in [5, 5.41) is 8.70. The summed E-state index contributed by atoms with van der Waals surface area (Å²) in [4.78, 5) is 8.27. The first kappa shape index (κ1) is 6.47. The quantitative estimate of drug-likeness (QED) is 0.499. The monoisotopic (exact) mass is 171 g/mol. The van der Waals surface area contributed by atoms with Crippen LogP contribution in [0.3, 0.4) is 0 Å². The summed E-state index contributed by atoms with van der Waals surface area (Å²) in [6.45, 7) is 0. The Morgan fingerprint density at radius 2 is 2.15 bits per heavy atom. The van der Waals surface area contributed by atoms with Gasteiger partial charge in [0.05, 0.1) is 5.39 Å². The van der Waals surface area contributed by atoms with Gasteiger partial charge in [0.25, 0.3) is 0 Å². The molecule has 5 nitrogen and oxygen atoms in total. The molecule has 0 radical (unpaired) electrons. The average molecular weight is 171 g/mol. The average Bonchev–Trinajstić information content (AvgIpc) is 2.65. The van der Waals surface area contributed by atoms with E-state index >= 15 is 0 Å². The maximum Gasteiger partial charge on any atom is 0.172 e. The zero-order chi connectivity index (χ0) is 8.67. The van der Waals surface area contributed by atoms with Crippen LogP contribution in [0.1, 0.15) is 0 Å². The van der Waals surface area contributed by atoms with Gasteiger partial charge in [0.15, 0.2) is 11.3 Å². The molecule has 3 aromatic rings. The second kappa shape index (κ2) is 2.22. The third kappa shape index (κ3) is 0.807. The third-order valence-corrected chi connectivity index (χ3v) is 1.91. The van der Waals surface area contributed by atoms with Crippen LogP contribution in [-0.4, -0.2) is 24.6 Å². The van der Waals surface area contributed by atoms with Crippen molar-refractivity contribution < 1.29 is 0 Å². The molecule has 0 bridgehead atoms. The normalized spacial score (nSPS) is 11.1. The van der Waals surface area contributed by atoms with Crippen LogP contribution < -0.4 is 0 Å². The Hall–Kier alpha value is -2.04. The van der Waals surface area contributed by atoms with E-state index in [1.807, 2.05) is 12.1 Å². The van der Waals surface area contributed by atoms with Gasteiger partial charge in [0, 0.05) is 6.20 Å². The summed E-state index contributed by atoms with van der Waals surface area (Å²) in [6, 6.07) is 3.79. The highest BCUT2D eigenvalue weighted by atomic mass is 15.2. The number of fused-ring (bicyclic) bond motifs is 3. The molecular weight excluding hydrogens is 166 g/mol. The van der Waals surface area contributed by atoms with Crippen LogP contribution in [0.15, 0.2) is 31.0 Å². The first-order valence-corrected chi connectivity index (χ1v) is 3.84. The molecule has 0 aliphatic heterocycles. The van der Waals surface area contributed by atoms with Crippen LogP contribution in [0, 0.1) is 0 Å². The van der Waals surface area contributed by atoms with Gasteiger partial charge in [-0.15, -0.1) is 10.2 Å². The number of nitrogens with zero attached hydrogens (tertiary/aromatic N) is 5. The predicted octanol–water partition coefficient (Wildman–Crippen LogP) is 0.672. The Labute approximate surface area is 73.1 Å². The van der Waals surface area contributed by atoms with Crippen LogP contribution in [0.4, 0.5) is 0 Å². The van der Waals surface area contributed by atoms with Crippen molar-refractivity contribution in [2.45, 2.75) is 0 Å². The van der Waals surface area contributed by atoms with E-state index in [2.05, 4.69) is 20.2 Å². The summed E-state index contributed by atoms with van der Waals surface area (Å²) < 4.78 is 1.77. The molecule has 5 heteroatoms. The highest BCUT2D eigenvalue weighted by Gasteiger charge is 2.02. The number of hydrogen-bond donors (Lipinski definition) is 0. The zero-order valence-corrected chi connectivity index (χ0v) is 6.62. The molecule has 13 heavy (non-hydrogen) atoms. The Balaban J connectivity index is 2.65. The van der Waals surface area contributed by atoms with Gasteiger partial charge in [-0.3, -0.25) is 4.40 Å². The Kier molecular flexibility index (Phi) is 1.11. The fraction of sp³-hybridized carbons (Fsp3) is 0. The summed E-state index contributed by atoms with van der Waals surface area (Å²) in [7, 11) is 0. The van der Waals surface area contributed by atoms with Crippen molar-refractivity contribution in [3.63, 3.8) is 0 Å². The lowest BCUT2D eigenvalue weighted by Crippen LogP contribution is -1.89. The molecule has 0 atom stereocenters. The number of aromatic nitrogens is 5. The number of rotatable bonds is 0. The van der Waals surface area contributed by atoms with Crippen LogP contribution in [-0.2, 0) is 0 Å². The Bertz CT molecular complexity index is 571. The van der Waals surface area contributed by atoms with E-state index in [-0.39, 0.29) is 0 Å². The van der Waals surface area contributed by atoms with Crippen LogP contribution in [0.5, 0.6) is 0 Å². The topological polar surface area (TPSA) is 56.0 Å². The minimum absolute atomic E-state index is 0.697. The summed E-state index contributed by atoms with van der Waals surface area (Å²) in [5.74, 6) is 0. The molecular formula is C8H5N5. The second-order valence-electron chi connectivity index (χ2n) is 2.68. The summed E-state index contributed by atoms with van der Waals surface area (Å²) in [5.41, 5.74) is 1.49. The molecule has 0 unspecified atom stereocenters. The Morgan fingerprint density at radius 1 is 1.15 bits per heavy atom. The largest absolute Gasteiger partial charge is 0.271 e. The molecule has 62 valence electrons. The van der Waals surface area contributed by atoms with Crippen LogP contribution in [0.25, 0.3) is 16.7 Å². The standard InChI is InChI=1S/C8H5N5/c1-2-6-7(9-3-1)10-4-13-5-11-12-8(6)13/h1-5H. The van der Waals surface area contributed by atoms with Crippen LogP contribution in [0.2, 0.25) is 0 Å². The molecule has 0 fully saturated rings. The van der Waals surface area contributed by atoms with Crippen molar-refractivity contribution in [2.75, 3.05) is 0 Å². The molecule has 0 aliphatic rings. The van der Waals surface area contributed by atoms with Crippen molar-refractivity contribution in [1.29, 1.82) is 0 Å². The molecule has 0 N–H and O–H groups in total. The number of hydrogen-bond acceptors (Lipinski definition) is 4. The molecule has 0 saturated heterocycles. The third-order valence-electron chi connectivity index (χ3n) is 1.91. The molecule has 0 amide bonds. The maximum absolute atomic E-state index is 4.15. The van der Waals surface area contributed by atoms with E-state index in [0.29, 0.717) is 5.65 Å². The van der Waals surface area contributed by atoms with Gasteiger partial charge in [-0.2, -0.15) is 0 Å². The molecule has 3 rings (SSSR count). The Morgan fingerprint density at radius 3 is 3.15 bits per heavy atom. The summed E-state index contributed by atoms with van der Waals surface area (Å²) in [6.07, 6.45) is 4.99. The van der Waals surface area contributed by atoms with Crippen LogP contribution >= 0.6 is 0 Å². The number of pyridine rings is 1. The predicted molar refractivity (Wildman–Crippen MR) is 46.1 cm³/mol. The second-order valence-corrected chi connectivity index (χ2v) is 2.68. The van der Waals surface area contributed by atoms with Crippen molar-refractivity contribution >= 4 is 16.7 Å². The molecule has 0 spiro atoms. The molecule has 3 heterocycles. The van der Waals surface area contributed by atoms with Crippen molar-refractivity contribution in [3.8, 4) is 0 Å². The highest BCUT2D eigenvalue weighted by Crippen LogP contribution is 2.11. The minimum atomic E-state index is 0.697. The van der Waals surface area contributed by atoms with E-state index in [4.69, 9.17) is 0 Å². The molecule has 0 aromatic carbocycles. The van der Waals surface area contributed by atoms with Gasteiger partial charge in [-0.25, -0.2) is 9.97 Å². The maximum atomic E-state index is 4.15. The van der Waals surface area contributed by atoms with Crippen molar-refractivity contribution in [1.82, 2.24) is 24.6 Å². The lowest BCUT2D eigenvalue weighted by atomic mass is 10.3. The smallest absolute Gasteiger partial charge is 0.172 e. The van der Waals surface area contributed by atoms with Gasteiger partial charge in [0.1, 0.15) is 12.7 Å². The van der Waals surface area contributed by atoms with E-state index in [9.17, 15) is 0 Å². The van der Waals surface area contributed by atoms with Gasteiger partial charge >= 0.3 is 0 Å². The SMILES string of the molecule is c1cnc2ncn3cnnc3c2c1. The van der Waals surface area contributed by atoms with Gasteiger partial charge in [-0.05, 0) is 12.1 Å². The lowest BCUT2D eigenvalue weighted by Gasteiger charge is -1.95. The first-order chi connectivity index (χ1) is 6.45. The van der Waals surface area contributed by atoms with Gasteiger partial charge < -0.3 is 0 Å². The lowest BCUT2D eigenvalue weighted by molar-refractivity contribution is 1.08.